The molecular formula is C13H14BrN3S. The minimum Gasteiger partial charge on any atom is -0.396 e. The van der Waals surface area contributed by atoms with Crippen LogP contribution in [0.1, 0.15) is 29.3 Å². The van der Waals surface area contributed by atoms with Crippen molar-refractivity contribution < 1.29 is 0 Å². The molecule has 0 spiro atoms. The van der Waals surface area contributed by atoms with Crippen LogP contribution < -0.4 is 11.1 Å². The molecule has 5 heteroatoms. The molecule has 0 saturated carbocycles. The van der Waals surface area contributed by atoms with Crippen LogP contribution >= 0.6 is 27.3 Å². The SMILES string of the molecule is Nc1cncc(Br)c1NC1CCCc2sccc21. The number of nitrogens with one attached hydrogen (secondary N) is 1. The molecule has 2 heterocycles. The predicted octanol–water partition coefficient (Wildman–Crippen LogP) is 3.98. The second-order valence-electron chi connectivity index (χ2n) is 4.47. The second-order valence-corrected chi connectivity index (χ2v) is 6.33. The van der Waals surface area contributed by atoms with E-state index in [1.54, 1.807) is 12.4 Å². The minimum absolute atomic E-state index is 0.362. The maximum absolute atomic E-state index is 5.98. The third-order valence-corrected chi connectivity index (χ3v) is 4.90. The Balaban J connectivity index is 1.91. The molecule has 1 unspecified atom stereocenters. The lowest BCUT2D eigenvalue weighted by Gasteiger charge is -2.25. The van der Waals surface area contributed by atoms with E-state index in [0.29, 0.717) is 11.7 Å². The highest BCUT2D eigenvalue weighted by molar-refractivity contribution is 9.10. The van der Waals surface area contributed by atoms with E-state index < -0.39 is 0 Å². The van der Waals surface area contributed by atoms with Gasteiger partial charge in [-0.05, 0) is 52.2 Å². The molecule has 0 amide bonds. The standard InChI is InChI=1S/C13H14BrN3S/c14-9-6-16-7-10(15)13(9)17-11-2-1-3-12-8(11)4-5-18-12/h4-7,11H,1-3,15H2,(H,16,17). The number of aromatic nitrogens is 1. The molecule has 0 saturated heterocycles. The van der Waals surface area contributed by atoms with Gasteiger partial charge >= 0.3 is 0 Å². The Labute approximate surface area is 119 Å². The molecule has 2 aromatic heterocycles. The van der Waals surface area contributed by atoms with Gasteiger partial charge < -0.3 is 11.1 Å². The van der Waals surface area contributed by atoms with Crippen molar-refractivity contribution >= 4 is 38.6 Å². The lowest BCUT2D eigenvalue weighted by Crippen LogP contribution is -2.16. The van der Waals surface area contributed by atoms with Gasteiger partial charge in [0.05, 0.1) is 28.1 Å². The Bertz CT molecular complexity index is 547. The van der Waals surface area contributed by atoms with Crippen molar-refractivity contribution in [3.05, 3.63) is 38.8 Å². The fourth-order valence-corrected chi connectivity index (χ4v) is 3.86. The summed E-state index contributed by atoms with van der Waals surface area (Å²) in [7, 11) is 0. The maximum atomic E-state index is 5.98. The fraction of sp³-hybridized carbons (Fsp3) is 0.308. The predicted molar refractivity (Wildman–Crippen MR) is 80.0 cm³/mol. The first-order chi connectivity index (χ1) is 8.75. The number of fused-ring (bicyclic) bond motifs is 1. The van der Waals surface area contributed by atoms with Crippen LogP contribution in [0.4, 0.5) is 11.4 Å². The first kappa shape index (κ1) is 12.0. The van der Waals surface area contributed by atoms with Crippen molar-refractivity contribution in [2.75, 3.05) is 11.1 Å². The van der Waals surface area contributed by atoms with E-state index in [4.69, 9.17) is 5.73 Å². The van der Waals surface area contributed by atoms with Crippen molar-refractivity contribution in [1.29, 1.82) is 0 Å². The largest absolute Gasteiger partial charge is 0.396 e. The Morgan fingerprint density at radius 2 is 2.33 bits per heavy atom. The monoisotopic (exact) mass is 323 g/mol. The van der Waals surface area contributed by atoms with Crippen LogP contribution in [0.2, 0.25) is 0 Å². The Kier molecular flexibility index (Phi) is 3.26. The summed E-state index contributed by atoms with van der Waals surface area (Å²) < 4.78 is 0.921. The number of halogens is 1. The van der Waals surface area contributed by atoms with E-state index in [0.717, 1.165) is 16.6 Å². The molecule has 3 nitrogen and oxygen atoms in total. The number of pyridine rings is 1. The highest BCUT2D eigenvalue weighted by Gasteiger charge is 2.22. The lowest BCUT2D eigenvalue weighted by molar-refractivity contribution is 0.609. The van der Waals surface area contributed by atoms with E-state index in [9.17, 15) is 0 Å². The van der Waals surface area contributed by atoms with Gasteiger partial charge in [0.2, 0.25) is 0 Å². The van der Waals surface area contributed by atoms with Gasteiger partial charge in [0.25, 0.3) is 0 Å². The summed E-state index contributed by atoms with van der Waals surface area (Å²) >= 11 is 5.35. The molecular weight excluding hydrogens is 310 g/mol. The third kappa shape index (κ3) is 2.12. The molecule has 18 heavy (non-hydrogen) atoms. The van der Waals surface area contributed by atoms with Crippen LogP contribution in [-0.2, 0) is 6.42 Å². The number of aryl methyl sites for hydroxylation is 1. The van der Waals surface area contributed by atoms with Crippen LogP contribution in [-0.4, -0.2) is 4.98 Å². The quantitative estimate of drug-likeness (QED) is 0.878. The highest BCUT2D eigenvalue weighted by Crippen LogP contribution is 2.38. The summed E-state index contributed by atoms with van der Waals surface area (Å²) in [5.74, 6) is 0. The number of anilines is 2. The van der Waals surface area contributed by atoms with Gasteiger partial charge in [-0.1, -0.05) is 0 Å². The third-order valence-electron chi connectivity index (χ3n) is 3.30. The smallest absolute Gasteiger partial charge is 0.0754 e. The molecule has 94 valence electrons. The highest BCUT2D eigenvalue weighted by atomic mass is 79.9. The molecule has 1 aliphatic carbocycles. The van der Waals surface area contributed by atoms with Crippen LogP contribution in [0.5, 0.6) is 0 Å². The molecule has 0 aliphatic heterocycles. The molecule has 1 aliphatic rings. The zero-order chi connectivity index (χ0) is 12.5. The summed E-state index contributed by atoms with van der Waals surface area (Å²) in [4.78, 5) is 5.56. The summed E-state index contributed by atoms with van der Waals surface area (Å²) in [5, 5.41) is 5.73. The Hall–Kier alpha value is -1.07. The maximum Gasteiger partial charge on any atom is 0.0754 e. The summed E-state index contributed by atoms with van der Waals surface area (Å²) in [6, 6.07) is 2.59. The van der Waals surface area contributed by atoms with Crippen LogP contribution in [0.3, 0.4) is 0 Å². The van der Waals surface area contributed by atoms with Crippen molar-refractivity contribution in [2.45, 2.75) is 25.3 Å². The van der Waals surface area contributed by atoms with Gasteiger partial charge in [-0.2, -0.15) is 0 Å². The number of nitrogens with two attached hydrogens (primary N) is 1. The minimum atomic E-state index is 0.362. The van der Waals surface area contributed by atoms with Gasteiger partial charge in [0.1, 0.15) is 0 Å². The van der Waals surface area contributed by atoms with Crippen molar-refractivity contribution in [1.82, 2.24) is 4.98 Å². The average Bonchev–Trinajstić information content (AvgIpc) is 2.83. The summed E-state index contributed by atoms with van der Waals surface area (Å²) in [5.41, 5.74) is 9.05. The van der Waals surface area contributed by atoms with E-state index in [1.165, 1.54) is 23.3 Å². The van der Waals surface area contributed by atoms with Gasteiger partial charge in [-0.25, -0.2) is 0 Å². The topological polar surface area (TPSA) is 50.9 Å². The summed E-state index contributed by atoms with van der Waals surface area (Å²) in [6.07, 6.45) is 7.05. The molecule has 0 fully saturated rings. The first-order valence-electron chi connectivity index (χ1n) is 5.97. The average molecular weight is 324 g/mol. The molecule has 1 atom stereocenters. The normalized spacial score (nSPS) is 18.4. The van der Waals surface area contributed by atoms with Crippen molar-refractivity contribution in [3.63, 3.8) is 0 Å². The summed E-state index contributed by atoms with van der Waals surface area (Å²) in [6.45, 7) is 0. The van der Waals surface area contributed by atoms with Crippen LogP contribution in [0, 0.1) is 0 Å². The van der Waals surface area contributed by atoms with Crippen molar-refractivity contribution in [2.24, 2.45) is 0 Å². The molecule has 3 rings (SSSR count). The molecule has 0 radical (unpaired) electrons. The van der Waals surface area contributed by atoms with E-state index >= 15 is 0 Å². The number of hydrogen-bond acceptors (Lipinski definition) is 4. The lowest BCUT2D eigenvalue weighted by atomic mass is 9.94. The van der Waals surface area contributed by atoms with E-state index in [-0.39, 0.29) is 0 Å². The molecule has 2 aromatic rings. The molecule has 3 N–H and O–H groups in total. The number of nitrogen functional groups attached to an aromatic ring is 1. The van der Waals surface area contributed by atoms with Gasteiger partial charge in [-0.3, -0.25) is 4.98 Å². The fourth-order valence-electron chi connectivity index (χ4n) is 2.41. The van der Waals surface area contributed by atoms with Crippen LogP contribution in [0.15, 0.2) is 28.3 Å². The number of hydrogen-bond donors (Lipinski definition) is 2. The van der Waals surface area contributed by atoms with Crippen LogP contribution in [0.25, 0.3) is 0 Å². The van der Waals surface area contributed by atoms with E-state index in [2.05, 4.69) is 37.7 Å². The molecule has 0 bridgehead atoms. The van der Waals surface area contributed by atoms with E-state index in [1.807, 2.05) is 11.3 Å². The van der Waals surface area contributed by atoms with Gasteiger partial charge in [0, 0.05) is 11.1 Å². The number of thiophene rings is 1. The van der Waals surface area contributed by atoms with Gasteiger partial charge in [-0.15, -0.1) is 11.3 Å². The van der Waals surface area contributed by atoms with Crippen molar-refractivity contribution in [3.8, 4) is 0 Å². The number of nitrogens with zero attached hydrogens (tertiary/aromatic N) is 1. The number of rotatable bonds is 2. The second kappa shape index (κ2) is 4.90. The molecule has 0 aromatic carbocycles. The van der Waals surface area contributed by atoms with Gasteiger partial charge in [0.15, 0.2) is 0 Å². The zero-order valence-corrected chi connectivity index (χ0v) is 12.2. The Morgan fingerprint density at radius 1 is 1.44 bits per heavy atom. The first-order valence-corrected chi connectivity index (χ1v) is 7.65. The zero-order valence-electron chi connectivity index (χ0n) is 9.82. The Morgan fingerprint density at radius 3 is 3.17 bits per heavy atom.